The van der Waals surface area contributed by atoms with E-state index in [1.165, 1.54) is 0 Å². The van der Waals surface area contributed by atoms with E-state index in [9.17, 15) is 0 Å². The first-order chi connectivity index (χ1) is 12.4. The summed E-state index contributed by atoms with van der Waals surface area (Å²) in [6.07, 6.45) is 3.65. The fraction of sp³-hybridized carbons (Fsp3) is 0. The maximum absolute atomic E-state index is 6.00. The number of hydrogen-bond acceptors (Lipinski definition) is 3. The number of pyridine rings is 2. The monoisotopic (exact) mass is 322 g/mol. The van der Waals surface area contributed by atoms with E-state index in [2.05, 4.69) is 34.2 Å². The molecule has 3 heterocycles. The van der Waals surface area contributed by atoms with E-state index < -0.39 is 0 Å². The third-order valence-corrected chi connectivity index (χ3v) is 4.42. The Balaban J connectivity index is 1.66. The van der Waals surface area contributed by atoms with Gasteiger partial charge in [-0.15, -0.1) is 0 Å². The molecule has 0 unspecified atom stereocenters. The molecule has 0 radical (unpaired) electrons. The number of aromatic nitrogens is 2. The lowest BCUT2D eigenvalue weighted by atomic mass is 10.0. The molecule has 25 heavy (non-hydrogen) atoms. The number of fused-ring (bicyclic) bond motifs is 3. The van der Waals surface area contributed by atoms with Crippen molar-refractivity contribution in [2.45, 2.75) is 0 Å². The maximum atomic E-state index is 6.00. The quantitative estimate of drug-likeness (QED) is 0.418. The van der Waals surface area contributed by atoms with E-state index in [4.69, 9.17) is 4.42 Å². The highest BCUT2D eigenvalue weighted by molar-refractivity contribution is 6.08. The summed E-state index contributed by atoms with van der Waals surface area (Å²) < 4.78 is 6.00. The average Bonchev–Trinajstić information content (AvgIpc) is 3.08. The molecule has 0 saturated heterocycles. The van der Waals surface area contributed by atoms with Crippen molar-refractivity contribution in [2.75, 3.05) is 0 Å². The summed E-state index contributed by atoms with van der Waals surface area (Å²) in [6, 6.07) is 24.5. The molecule has 3 nitrogen and oxygen atoms in total. The minimum Gasteiger partial charge on any atom is -0.437 e. The molecule has 2 aromatic carbocycles. The Morgan fingerprint density at radius 1 is 0.640 bits per heavy atom. The molecule has 0 amide bonds. The van der Waals surface area contributed by atoms with Crippen molar-refractivity contribution in [2.24, 2.45) is 0 Å². The molecule has 0 aliphatic rings. The Morgan fingerprint density at radius 2 is 1.52 bits per heavy atom. The molecule has 5 aromatic rings. The van der Waals surface area contributed by atoms with E-state index in [1.54, 1.807) is 6.20 Å². The van der Waals surface area contributed by atoms with Gasteiger partial charge in [0.05, 0.1) is 5.69 Å². The van der Waals surface area contributed by atoms with Crippen molar-refractivity contribution in [1.82, 2.24) is 9.97 Å². The molecule has 5 rings (SSSR count). The second kappa shape index (κ2) is 5.56. The van der Waals surface area contributed by atoms with Gasteiger partial charge in [-0.25, -0.2) is 4.98 Å². The molecule has 0 spiro atoms. The van der Waals surface area contributed by atoms with Crippen LogP contribution in [0.3, 0.4) is 0 Å². The van der Waals surface area contributed by atoms with Crippen LogP contribution in [-0.4, -0.2) is 9.97 Å². The normalized spacial score (nSPS) is 11.2. The first kappa shape index (κ1) is 13.9. The van der Waals surface area contributed by atoms with Gasteiger partial charge in [0.25, 0.3) is 0 Å². The third kappa shape index (κ3) is 2.29. The first-order valence-electron chi connectivity index (χ1n) is 8.18. The Morgan fingerprint density at radius 3 is 2.36 bits per heavy atom. The summed E-state index contributed by atoms with van der Waals surface area (Å²) in [4.78, 5) is 8.99. The van der Waals surface area contributed by atoms with Crippen LogP contribution in [0.1, 0.15) is 0 Å². The van der Waals surface area contributed by atoms with E-state index in [1.807, 2.05) is 54.7 Å². The molecule has 3 aromatic heterocycles. The first-order valence-corrected chi connectivity index (χ1v) is 8.18. The van der Waals surface area contributed by atoms with E-state index in [0.717, 1.165) is 38.7 Å². The largest absolute Gasteiger partial charge is 0.437 e. The van der Waals surface area contributed by atoms with Crippen LogP contribution >= 0.6 is 0 Å². The fourth-order valence-corrected chi connectivity index (χ4v) is 3.19. The average molecular weight is 322 g/mol. The van der Waals surface area contributed by atoms with Crippen molar-refractivity contribution in [1.29, 1.82) is 0 Å². The lowest BCUT2D eigenvalue weighted by molar-refractivity contribution is 0.655. The smallest absolute Gasteiger partial charge is 0.227 e. The molecule has 0 bridgehead atoms. The summed E-state index contributed by atoms with van der Waals surface area (Å²) in [7, 11) is 0. The van der Waals surface area contributed by atoms with Gasteiger partial charge >= 0.3 is 0 Å². The minimum absolute atomic E-state index is 0.658. The zero-order chi connectivity index (χ0) is 16.6. The van der Waals surface area contributed by atoms with Gasteiger partial charge in [0.2, 0.25) is 5.71 Å². The summed E-state index contributed by atoms with van der Waals surface area (Å²) in [6.45, 7) is 0. The van der Waals surface area contributed by atoms with Gasteiger partial charge in [0.1, 0.15) is 5.58 Å². The van der Waals surface area contributed by atoms with E-state index >= 15 is 0 Å². The number of rotatable bonds is 2. The Kier molecular flexibility index (Phi) is 3.10. The van der Waals surface area contributed by atoms with Crippen LogP contribution in [0.15, 0.2) is 89.6 Å². The van der Waals surface area contributed by atoms with Gasteiger partial charge in [-0.3, -0.25) is 4.98 Å². The zero-order valence-corrected chi connectivity index (χ0v) is 13.4. The minimum atomic E-state index is 0.658. The van der Waals surface area contributed by atoms with E-state index in [-0.39, 0.29) is 0 Å². The number of hydrogen-bond donors (Lipinski definition) is 0. The number of para-hydroxylation sites is 1. The van der Waals surface area contributed by atoms with Crippen LogP contribution in [0, 0.1) is 0 Å². The van der Waals surface area contributed by atoms with Crippen LogP contribution < -0.4 is 0 Å². The molecule has 0 aliphatic carbocycles. The fourth-order valence-electron chi connectivity index (χ4n) is 3.19. The van der Waals surface area contributed by atoms with Gasteiger partial charge in [-0.1, -0.05) is 48.5 Å². The van der Waals surface area contributed by atoms with Crippen LogP contribution in [0.4, 0.5) is 0 Å². The second-order valence-corrected chi connectivity index (χ2v) is 5.94. The lowest BCUT2D eigenvalue weighted by Gasteiger charge is -2.04. The van der Waals surface area contributed by atoms with Crippen molar-refractivity contribution >= 4 is 22.1 Å². The number of benzene rings is 2. The molecule has 0 saturated carbocycles. The topological polar surface area (TPSA) is 38.9 Å². The van der Waals surface area contributed by atoms with Gasteiger partial charge in [0, 0.05) is 34.3 Å². The Hall–Kier alpha value is -3.46. The van der Waals surface area contributed by atoms with Crippen molar-refractivity contribution < 1.29 is 4.42 Å². The van der Waals surface area contributed by atoms with Crippen molar-refractivity contribution in [3.63, 3.8) is 0 Å². The van der Waals surface area contributed by atoms with Gasteiger partial charge in [0.15, 0.2) is 0 Å². The SMILES string of the molecule is c1ccc(-c2ccc(-c3cccc4c3oc3ncccc34)nc2)cc1. The summed E-state index contributed by atoms with van der Waals surface area (Å²) in [5, 5.41) is 2.09. The highest BCUT2D eigenvalue weighted by Crippen LogP contribution is 2.34. The van der Waals surface area contributed by atoms with Crippen LogP contribution in [0.25, 0.3) is 44.5 Å². The molecule has 3 heteroatoms. The molecule has 0 fully saturated rings. The molecular formula is C22H14N2O. The van der Waals surface area contributed by atoms with Crippen molar-refractivity contribution in [3.8, 4) is 22.4 Å². The van der Waals surface area contributed by atoms with Crippen LogP contribution in [0.5, 0.6) is 0 Å². The highest BCUT2D eigenvalue weighted by atomic mass is 16.3. The standard InChI is InChI=1S/C22H14N2O/c1-2-6-15(7-3-1)16-11-12-20(24-14-16)19-9-4-8-17-18-10-5-13-23-22(18)25-21(17)19/h1-14H. The number of furan rings is 1. The Labute approximate surface area is 144 Å². The van der Waals surface area contributed by atoms with Crippen LogP contribution in [0.2, 0.25) is 0 Å². The van der Waals surface area contributed by atoms with E-state index in [0.29, 0.717) is 5.71 Å². The lowest BCUT2D eigenvalue weighted by Crippen LogP contribution is -1.85. The Bertz CT molecular complexity index is 1180. The predicted molar refractivity (Wildman–Crippen MR) is 100 cm³/mol. The summed E-state index contributed by atoms with van der Waals surface area (Å²) in [5.74, 6) is 0. The zero-order valence-electron chi connectivity index (χ0n) is 13.4. The molecule has 0 N–H and O–H groups in total. The highest BCUT2D eigenvalue weighted by Gasteiger charge is 2.13. The summed E-state index contributed by atoms with van der Waals surface area (Å²) in [5.41, 5.74) is 5.62. The molecule has 0 atom stereocenters. The third-order valence-electron chi connectivity index (χ3n) is 4.42. The number of nitrogens with zero attached hydrogens (tertiary/aromatic N) is 2. The van der Waals surface area contributed by atoms with Gasteiger partial charge in [-0.2, -0.15) is 0 Å². The summed E-state index contributed by atoms with van der Waals surface area (Å²) >= 11 is 0. The van der Waals surface area contributed by atoms with Gasteiger partial charge in [-0.05, 0) is 29.8 Å². The predicted octanol–water partition coefficient (Wildman–Crippen LogP) is 5.71. The molecule has 0 aliphatic heterocycles. The second-order valence-electron chi connectivity index (χ2n) is 5.94. The maximum Gasteiger partial charge on any atom is 0.227 e. The molecule has 118 valence electrons. The molecular weight excluding hydrogens is 308 g/mol. The van der Waals surface area contributed by atoms with Crippen LogP contribution in [-0.2, 0) is 0 Å². The van der Waals surface area contributed by atoms with Gasteiger partial charge < -0.3 is 4.42 Å². The van der Waals surface area contributed by atoms with Crippen molar-refractivity contribution in [3.05, 3.63) is 85.2 Å².